The third-order valence-corrected chi connectivity index (χ3v) is 7.98. The summed E-state index contributed by atoms with van der Waals surface area (Å²) in [4.78, 5) is 12.9. The lowest BCUT2D eigenvalue weighted by Crippen LogP contribution is -2.35. The van der Waals surface area contributed by atoms with Gasteiger partial charge in [-0.15, -0.1) is 0 Å². The van der Waals surface area contributed by atoms with E-state index in [0.717, 1.165) is 27.7 Å². The molecule has 0 aliphatic carbocycles. The monoisotopic (exact) mass is 479 g/mol. The Morgan fingerprint density at radius 3 is 2.55 bits per heavy atom. The number of sulfone groups is 1. The molecular formula is C25H22ClN3O3S. The third kappa shape index (κ3) is 4.51. The van der Waals surface area contributed by atoms with Gasteiger partial charge in [-0.25, -0.2) is 8.42 Å². The summed E-state index contributed by atoms with van der Waals surface area (Å²) < 4.78 is 25.4. The first-order valence-electron chi connectivity index (χ1n) is 10.7. The lowest BCUT2D eigenvalue weighted by molar-refractivity contribution is 0.0941. The summed E-state index contributed by atoms with van der Waals surface area (Å²) >= 11 is 6.47. The van der Waals surface area contributed by atoms with Crippen LogP contribution in [0.2, 0.25) is 5.02 Å². The molecule has 5 rings (SSSR count). The number of amides is 1. The molecule has 1 amide bonds. The highest BCUT2D eigenvalue weighted by molar-refractivity contribution is 7.91. The molecule has 0 saturated carbocycles. The quantitative estimate of drug-likeness (QED) is 0.462. The van der Waals surface area contributed by atoms with Crippen LogP contribution in [0, 0.1) is 0 Å². The number of halogens is 1. The number of fused-ring (bicyclic) bond motifs is 1. The molecule has 1 atom stereocenters. The van der Waals surface area contributed by atoms with E-state index < -0.39 is 9.84 Å². The van der Waals surface area contributed by atoms with Gasteiger partial charge in [-0.1, -0.05) is 60.1 Å². The van der Waals surface area contributed by atoms with Crippen LogP contribution in [0.25, 0.3) is 22.2 Å². The van der Waals surface area contributed by atoms with Crippen LogP contribution in [0.3, 0.4) is 0 Å². The Bertz CT molecular complexity index is 1450. The van der Waals surface area contributed by atoms with Gasteiger partial charge in [0.25, 0.3) is 5.91 Å². The summed E-state index contributed by atoms with van der Waals surface area (Å²) in [6.07, 6.45) is 0.443. The van der Waals surface area contributed by atoms with E-state index in [1.54, 1.807) is 6.07 Å². The maximum atomic E-state index is 12.9. The van der Waals surface area contributed by atoms with E-state index in [1.807, 2.05) is 71.4 Å². The van der Waals surface area contributed by atoms with Crippen molar-refractivity contribution in [2.24, 2.45) is 0 Å². The minimum absolute atomic E-state index is 0.0103. The van der Waals surface area contributed by atoms with Gasteiger partial charge in [-0.05, 0) is 36.2 Å². The van der Waals surface area contributed by atoms with Crippen molar-refractivity contribution in [1.82, 2.24) is 15.1 Å². The van der Waals surface area contributed by atoms with Crippen LogP contribution in [-0.2, 0) is 16.4 Å². The number of rotatable bonds is 5. The first kappa shape index (κ1) is 21.7. The van der Waals surface area contributed by atoms with Crippen LogP contribution in [0.15, 0.2) is 72.8 Å². The molecule has 1 aromatic heterocycles. The molecule has 2 heterocycles. The minimum atomic E-state index is -3.07. The molecule has 0 radical (unpaired) electrons. The number of hydrogen-bond acceptors (Lipinski definition) is 4. The van der Waals surface area contributed by atoms with E-state index in [2.05, 4.69) is 5.32 Å². The van der Waals surface area contributed by atoms with E-state index in [4.69, 9.17) is 16.7 Å². The fourth-order valence-corrected chi connectivity index (χ4v) is 6.12. The second-order valence-electron chi connectivity index (χ2n) is 8.28. The molecule has 1 unspecified atom stereocenters. The topological polar surface area (TPSA) is 81.1 Å². The molecule has 4 aromatic rings. The maximum absolute atomic E-state index is 12.9. The lowest BCUT2D eigenvalue weighted by atomic mass is 10.1. The van der Waals surface area contributed by atoms with Crippen molar-refractivity contribution in [3.05, 3.63) is 88.9 Å². The van der Waals surface area contributed by atoms with Crippen LogP contribution in [0.1, 0.15) is 22.3 Å². The molecule has 1 N–H and O–H groups in total. The summed E-state index contributed by atoms with van der Waals surface area (Å²) in [5.74, 6) is -0.184. The van der Waals surface area contributed by atoms with Crippen molar-refractivity contribution in [3.63, 3.8) is 0 Å². The molecule has 8 heteroatoms. The largest absolute Gasteiger partial charge is 0.348 e. The second-order valence-corrected chi connectivity index (χ2v) is 10.9. The molecule has 1 saturated heterocycles. The standard InChI is InChI=1S/C25H22ClN3O3S/c26-22-9-5-4-8-20(22)24-21-11-10-18(25(30)27-19-12-13-33(31,32)16-19)14-23(21)29(28-24)15-17-6-2-1-3-7-17/h1-11,14,19H,12-13,15-16H2,(H,27,30). The zero-order chi connectivity index (χ0) is 23.0. The number of carbonyl (C=O) groups is 1. The van der Waals surface area contributed by atoms with E-state index in [-0.39, 0.29) is 23.5 Å². The predicted octanol–water partition coefficient (Wildman–Crippen LogP) is 4.32. The molecule has 33 heavy (non-hydrogen) atoms. The molecule has 1 aliphatic rings. The van der Waals surface area contributed by atoms with Crippen LogP contribution in [0.5, 0.6) is 0 Å². The summed E-state index contributed by atoms with van der Waals surface area (Å²) in [5, 5.41) is 9.22. The molecule has 6 nitrogen and oxygen atoms in total. The highest BCUT2D eigenvalue weighted by atomic mass is 35.5. The highest BCUT2D eigenvalue weighted by Gasteiger charge is 2.29. The van der Waals surface area contributed by atoms with Gasteiger partial charge in [-0.2, -0.15) is 5.10 Å². The average molecular weight is 480 g/mol. The normalized spacial score (nSPS) is 17.3. The predicted molar refractivity (Wildman–Crippen MR) is 130 cm³/mol. The maximum Gasteiger partial charge on any atom is 0.251 e. The smallest absolute Gasteiger partial charge is 0.251 e. The van der Waals surface area contributed by atoms with Gasteiger partial charge >= 0.3 is 0 Å². The van der Waals surface area contributed by atoms with E-state index >= 15 is 0 Å². The first-order chi connectivity index (χ1) is 15.9. The van der Waals surface area contributed by atoms with Crippen molar-refractivity contribution < 1.29 is 13.2 Å². The lowest BCUT2D eigenvalue weighted by Gasteiger charge is -2.11. The first-order valence-corrected chi connectivity index (χ1v) is 12.9. The Labute approximate surface area is 197 Å². The van der Waals surface area contributed by atoms with Gasteiger partial charge in [-0.3, -0.25) is 9.48 Å². The molecule has 0 bridgehead atoms. The SMILES string of the molecule is O=C(NC1CCS(=O)(=O)C1)c1ccc2c(-c3ccccc3Cl)nn(Cc3ccccc3)c2c1. The van der Waals surface area contributed by atoms with E-state index in [0.29, 0.717) is 23.6 Å². The van der Waals surface area contributed by atoms with Crippen LogP contribution >= 0.6 is 11.6 Å². The molecule has 1 aliphatic heterocycles. The Balaban J connectivity index is 1.55. The number of nitrogens with zero attached hydrogens (tertiary/aromatic N) is 2. The fourth-order valence-electron chi connectivity index (χ4n) is 4.22. The van der Waals surface area contributed by atoms with Gasteiger partial charge < -0.3 is 5.32 Å². The van der Waals surface area contributed by atoms with Gasteiger partial charge in [0.1, 0.15) is 5.69 Å². The number of nitrogens with one attached hydrogen (secondary N) is 1. The zero-order valence-electron chi connectivity index (χ0n) is 17.7. The van der Waals surface area contributed by atoms with Gasteiger partial charge in [0, 0.05) is 22.6 Å². The van der Waals surface area contributed by atoms with Crippen LogP contribution in [-0.4, -0.2) is 41.7 Å². The molecular weight excluding hydrogens is 458 g/mol. The molecule has 1 fully saturated rings. The molecule has 3 aromatic carbocycles. The fraction of sp³-hybridized carbons (Fsp3) is 0.200. The Kier molecular flexibility index (Phi) is 5.68. The summed E-state index contributed by atoms with van der Waals surface area (Å²) in [7, 11) is -3.07. The van der Waals surface area contributed by atoms with E-state index in [9.17, 15) is 13.2 Å². The van der Waals surface area contributed by atoms with Gasteiger partial charge in [0.2, 0.25) is 0 Å². The Morgan fingerprint density at radius 1 is 1.06 bits per heavy atom. The zero-order valence-corrected chi connectivity index (χ0v) is 19.3. The minimum Gasteiger partial charge on any atom is -0.348 e. The van der Waals surface area contributed by atoms with Gasteiger partial charge in [0.05, 0.1) is 28.6 Å². The number of carbonyl (C=O) groups excluding carboxylic acids is 1. The summed E-state index contributed by atoms with van der Waals surface area (Å²) in [5.41, 5.74) is 3.93. The number of aromatic nitrogens is 2. The average Bonchev–Trinajstić information content (AvgIpc) is 3.33. The van der Waals surface area contributed by atoms with Crippen LogP contribution < -0.4 is 5.32 Å². The number of benzene rings is 3. The van der Waals surface area contributed by atoms with Crippen molar-refractivity contribution >= 4 is 38.2 Å². The van der Waals surface area contributed by atoms with Crippen molar-refractivity contribution in [1.29, 1.82) is 0 Å². The molecule has 0 spiro atoms. The third-order valence-electron chi connectivity index (χ3n) is 5.89. The summed E-state index contributed by atoms with van der Waals surface area (Å²) in [6.45, 7) is 0.535. The highest BCUT2D eigenvalue weighted by Crippen LogP contribution is 2.33. The second kappa shape index (κ2) is 8.65. The van der Waals surface area contributed by atoms with Crippen LogP contribution in [0.4, 0.5) is 0 Å². The Morgan fingerprint density at radius 2 is 1.82 bits per heavy atom. The van der Waals surface area contributed by atoms with Gasteiger partial charge in [0.15, 0.2) is 9.84 Å². The van der Waals surface area contributed by atoms with Crippen molar-refractivity contribution in [2.45, 2.75) is 19.0 Å². The number of hydrogen-bond donors (Lipinski definition) is 1. The van der Waals surface area contributed by atoms with Crippen molar-refractivity contribution in [2.75, 3.05) is 11.5 Å². The Hall–Kier alpha value is -3.16. The summed E-state index contributed by atoms with van der Waals surface area (Å²) in [6, 6.07) is 22.6. The van der Waals surface area contributed by atoms with E-state index in [1.165, 1.54) is 0 Å². The molecule has 168 valence electrons. The van der Waals surface area contributed by atoms with Crippen molar-refractivity contribution in [3.8, 4) is 11.3 Å².